The minimum atomic E-state index is -4.06. The fourth-order valence-corrected chi connectivity index (χ4v) is 1.17. The molecule has 0 radical (unpaired) electrons. The quantitative estimate of drug-likeness (QED) is 0.204. The van der Waals surface area contributed by atoms with Crippen LogP contribution in [0.25, 0.3) is 0 Å². The monoisotopic (exact) mass is 214 g/mol. The van der Waals surface area contributed by atoms with Crippen LogP contribution in [-0.4, -0.2) is 31.9 Å². The first kappa shape index (κ1) is 15.9. The van der Waals surface area contributed by atoms with Gasteiger partial charge in [0.05, 0.1) is 10.1 Å². The molecule has 0 aromatic heterocycles. The van der Waals surface area contributed by atoms with Crippen molar-refractivity contribution in [1.82, 2.24) is 0 Å². The Morgan fingerprint density at radius 1 is 1.38 bits per heavy atom. The zero-order chi connectivity index (χ0) is 9.45. The number of unbranched alkanes of at least 4 members (excludes halogenated alkanes) is 1. The molecule has 0 bridgehead atoms. The second kappa shape index (κ2) is 9.00. The first-order chi connectivity index (χ1) is 5.56. The van der Waals surface area contributed by atoms with E-state index in [4.69, 9.17) is 11.2 Å². The molecule has 0 saturated heterocycles. The summed E-state index contributed by atoms with van der Waals surface area (Å²) >= 11 is 0. The second-order valence-corrected chi connectivity index (χ2v) is 3.75. The first-order valence-electron chi connectivity index (χ1n) is 3.51. The molecule has 0 rings (SSSR count). The van der Waals surface area contributed by atoms with Gasteiger partial charge in [0.15, 0.2) is 0 Å². The Hall–Kier alpha value is 0.430. The van der Waals surface area contributed by atoms with E-state index in [-0.39, 0.29) is 41.9 Å². The van der Waals surface area contributed by atoms with Crippen molar-refractivity contribution in [1.29, 1.82) is 0 Å². The normalized spacial score (nSPS) is 10.2. The summed E-state index contributed by atoms with van der Waals surface area (Å²) in [7, 11) is -4.06. The molecule has 0 aromatic rings. The maximum absolute atomic E-state index is 10.1. The van der Waals surface area contributed by atoms with Crippen LogP contribution in [0.1, 0.15) is 12.8 Å². The number of ether oxygens (including phenoxy) is 1. The van der Waals surface area contributed by atoms with Gasteiger partial charge in [0.1, 0.15) is 6.61 Å². The molecule has 0 aromatic carbocycles. The van der Waals surface area contributed by atoms with Crippen LogP contribution in [0, 0.1) is 12.3 Å². The summed E-state index contributed by atoms with van der Waals surface area (Å²) < 4.78 is 35.1. The van der Waals surface area contributed by atoms with Crippen molar-refractivity contribution < 1.29 is 47.3 Å². The van der Waals surface area contributed by atoms with Crippen LogP contribution in [0.4, 0.5) is 0 Å². The van der Waals surface area contributed by atoms with Crippen molar-refractivity contribution >= 4 is 10.1 Å². The molecule has 0 aliphatic heterocycles. The van der Waals surface area contributed by atoms with Crippen molar-refractivity contribution in [2.45, 2.75) is 12.8 Å². The average Bonchev–Trinajstić information content (AvgIpc) is 1.94. The van der Waals surface area contributed by atoms with E-state index < -0.39 is 10.1 Å². The van der Waals surface area contributed by atoms with E-state index in [2.05, 4.69) is 5.92 Å². The number of hydrogen-bond acceptors (Lipinski definition) is 4. The van der Waals surface area contributed by atoms with Gasteiger partial charge in [0.2, 0.25) is 0 Å². The predicted octanol–water partition coefficient (Wildman–Crippen LogP) is -3.03. The van der Waals surface area contributed by atoms with Gasteiger partial charge in [-0.1, -0.05) is 5.92 Å². The molecule has 0 aliphatic rings. The summed E-state index contributed by atoms with van der Waals surface area (Å²) in [5, 5.41) is 0. The van der Waals surface area contributed by atoms with Gasteiger partial charge in [-0.2, -0.15) is 0 Å². The van der Waals surface area contributed by atoms with E-state index in [0.717, 1.165) is 0 Å². The molecule has 70 valence electrons. The molecule has 0 saturated carbocycles. The first-order valence-corrected chi connectivity index (χ1v) is 5.09. The summed E-state index contributed by atoms with van der Waals surface area (Å²) in [5.41, 5.74) is 0. The molecular weight excluding hydrogens is 203 g/mol. The van der Waals surface area contributed by atoms with Gasteiger partial charge >= 0.3 is 29.6 Å². The summed E-state index contributed by atoms with van der Waals surface area (Å²) in [6.07, 6.45) is 5.77. The van der Waals surface area contributed by atoms with E-state index in [0.29, 0.717) is 19.4 Å². The zero-order valence-corrected chi connectivity index (χ0v) is 10.5. The van der Waals surface area contributed by atoms with Crippen LogP contribution in [0.2, 0.25) is 0 Å². The molecule has 0 fully saturated rings. The van der Waals surface area contributed by atoms with Crippen molar-refractivity contribution in [2.75, 3.05) is 19.0 Å². The van der Waals surface area contributed by atoms with Crippen molar-refractivity contribution in [3.8, 4) is 12.3 Å². The molecule has 0 unspecified atom stereocenters. The van der Waals surface area contributed by atoms with Gasteiger partial charge in [-0.25, -0.2) is 8.42 Å². The van der Waals surface area contributed by atoms with Gasteiger partial charge in [-0.05, 0) is 12.8 Å². The van der Waals surface area contributed by atoms with Gasteiger partial charge in [0.25, 0.3) is 0 Å². The minimum Gasteiger partial charge on any atom is -0.748 e. The van der Waals surface area contributed by atoms with Crippen LogP contribution in [0.15, 0.2) is 0 Å². The van der Waals surface area contributed by atoms with Crippen molar-refractivity contribution in [2.24, 2.45) is 0 Å². The van der Waals surface area contributed by atoms with Gasteiger partial charge in [0, 0.05) is 12.4 Å². The fraction of sp³-hybridized carbons (Fsp3) is 0.714. The smallest absolute Gasteiger partial charge is 0.748 e. The molecule has 4 nitrogen and oxygen atoms in total. The molecule has 6 heteroatoms. The van der Waals surface area contributed by atoms with Crippen LogP contribution >= 0.6 is 0 Å². The van der Waals surface area contributed by atoms with Crippen LogP contribution in [0.3, 0.4) is 0 Å². The summed E-state index contributed by atoms with van der Waals surface area (Å²) in [5.74, 6) is 1.95. The summed E-state index contributed by atoms with van der Waals surface area (Å²) in [4.78, 5) is 0. The van der Waals surface area contributed by atoms with E-state index in [1.807, 2.05) is 0 Å². The SMILES string of the molecule is C#CCOCCCCS(=O)(=O)[O-].[Na+]. The largest absolute Gasteiger partial charge is 1.00 e. The Kier molecular flexibility index (Phi) is 11.0. The molecule has 0 N–H and O–H groups in total. The molecule has 0 spiro atoms. The van der Waals surface area contributed by atoms with E-state index in [9.17, 15) is 13.0 Å². The van der Waals surface area contributed by atoms with E-state index in [1.165, 1.54) is 0 Å². The standard InChI is InChI=1S/C7H12O4S.Na/c1-2-5-11-6-3-4-7-12(8,9)10;/h1H,3-7H2,(H,8,9,10);/q;+1/p-1. The molecular formula is C7H11NaO4S. The van der Waals surface area contributed by atoms with E-state index in [1.54, 1.807) is 0 Å². The molecule has 0 heterocycles. The summed E-state index contributed by atoms with van der Waals surface area (Å²) in [6.45, 7) is 0.629. The third-order valence-corrected chi connectivity index (χ3v) is 1.91. The Labute approximate surface area is 101 Å². The van der Waals surface area contributed by atoms with Gasteiger partial charge < -0.3 is 9.29 Å². The fourth-order valence-electron chi connectivity index (χ4n) is 0.614. The molecule has 13 heavy (non-hydrogen) atoms. The number of terminal acetylenes is 1. The van der Waals surface area contributed by atoms with Gasteiger partial charge in [-0.15, -0.1) is 6.42 Å². The van der Waals surface area contributed by atoms with Crippen LogP contribution in [0.5, 0.6) is 0 Å². The molecule has 0 amide bonds. The maximum Gasteiger partial charge on any atom is 1.00 e. The Morgan fingerprint density at radius 2 is 2.00 bits per heavy atom. The predicted molar refractivity (Wildman–Crippen MR) is 43.5 cm³/mol. The van der Waals surface area contributed by atoms with Crippen molar-refractivity contribution in [3.05, 3.63) is 0 Å². The Balaban J connectivity index is 0. The van der Waals surface area contributed by atoms with Crippen LogP contribution < -0.4 is 29.6 Å². The van der Waals surface area contributed by atoms with Gasteiger partial charge in [-0.3, -0.25) is 0 Å². The van der Waals surface area contributed by atoms with Crippen molar-refractivity contribution in [3.63, 3.8) is 0 Å². The molecule has 0 aliphatic carbocycles. The zero-order valence-electron chi connectivity index (χ0n) is 7.65. The molecule has 0 atom stereocenters. The third kappa shape index (κ3) is 15.2. The average molecular weight is 214 g/mol. The number of rotatable bonds is 6. The third-order valence-electron chi connectivity index (χ3n) is 1.12. The minimum absolute atomic E-state index is 0. The Morgan fingerprint density at radius 3 is 2.46 bits per heavy atom. The van der Waals surface area contributed by atoms with Crippen LogP contribution in [-0.2, 0) is 14.9 Å². The second-order valence-electron chi connectivity index (χ2n) is 2.23. The van der Waals surface area contributed by atoms with E-state index >= 15 is 0 Å². The topological polar surface area (TPSA) is 66.4 Å². The summed E-state index contributed by atoms with van der Waals surface area (Å²) in [6, 6.07) is 0. The number of hydrogen-bond donors (Lipinski definition) is 0. The maximum atomic E-state index is 10.1. The Bertz CT molecular complexity index is 242.